The topological polar surface area (TPSA) is 35.2 Å². The molecule has 2 rings (SSSR count). The lowest BCUT2D eigenvalue weighted by Gasteiger charge is -2.19. The monoisotopic (exact) mass is 323 g/mol. The third-order valence-corrected chi connectivity index (χ3v) is 3.41. The lowest BCUT2D eigenvalue weighted by atomic mass is 10.1. The van der Waals surface area contributed by atoms with Crippen LogP contribution in [0.2, 0.25) is 0 Å². The molecule has 1 unspecified atom stereocenters. The van der Waals surface area contributed by atoms with Gasteiger partial charge in [-0.15, -0.1) is 0 Å². The molecule has 0 saturated heterocycles. The van der Waals surface area contributed by atoms with Crippen LogP contribution in [0.1, 0.15) is 17.2 Å². The van der Waals surface area contributed by atoms with Gasteiger partial charge in [-0.1, -0.05) is 29.8 Å². The highest BCUT2D eigenvalue weighted by Crippen LogP contribution is 2.29. The van der Waals surface area contributed by atoms with E-state index >= 15 is 0 Å². The van der Waals surface area contributed by atoms with Gasteiger partial charge in [-0.2, -0.15) is 0 Å². The highest BCUT2D eigenvalue weighted by Gasteiger charge is 2.13. The Kier molecular flexibility index (Phi) is 4.56. The summed E-state index contributed by atoms with van der Waals surface area (Å²) in [7, 11) is 0. The normalized spacial score (nSPS) is 12.2. The minimum atomic E-state index is -0.306. The zero-order chi connectivity index (χ0) is 13.8. The molecule has 0 aliphatic heterocycles. The van der Waals surface area contributed by atoms with E-state index < -0.39 is 0 Å². The fourth-order valence-electron chi connectivity index (χ4n) is 1.85. The smallest absolute Gasteiger partial charge is 0.136 e. The van der Waals surface area contributed by atoms with Crippen molar-refractivity contribution in [1.82, 2.24) is 0 Å². The summed E-state index contributed by atoms with van der Waals surface area (Å²) in [6.07, 6.45) is -0.248. The van der Waals surface area contributed by atoms with Gasteiger partial charge >= 0.3 is 0 Å². The van der Waals surface area contributed by atoms with Gasteiger partial charge in [0.25, 0.3) is 0 Å². The molecule has 0 heterocycles. The molecule has 0 amide bonds. The summed E-state index contributed by atoms with van der Waals surface area (Å²) in [6.45, 7) is 2.37. The average Bonchev–Trinajstić information content (AvgIpc) is 2.38. The van der Waals surface area contributed by atoms with Crippen LogP contribution in [0.5, 0.6) is 5.75 Å². The van der Waals surface area contributed by atoms with Gasteiger partial charge < -0.3 is 10.5 Å². The van der Waals surface area contributed by atoms with E-state index in [4.69, 9.17) is 10.5 Å². The van der Waals surface area contributed by atoms with Gasteiger partial charge in [-0.05, 0) is 46.6 Å². The Morgan fingerprint density at radius 3 is 2.68 bits per heavy atom. The summed E-state index contributed by atoms with van der Waals surface area (Å²) in [5.74, 6) is 0.275. The molecule has 4 heteroatoms. The van der Waals surface area contributed by atoms with Crippen molar-refractivity contribution >= 4 is 15.9 Å². The van der Waals surface area contributed by atoms with Crippen LogP contribution >= 0.6 is 15.9 Å². The second kappa shape index (κ2) is 6.17. The Labute approximate surface area is 120 Å². The maximum Gasteiger partial charge on any atom is 0.136 e. The number of benzene rings is 2. The van der Waals surface area contributed by atoms with Crippen molar-refractivity contribution in [3.8, 4) is 5.75 Å². The third kappa shape index (κ3) is 3.55. The zero-order valence-electron chi connectivity index (χ0n) is 10.6. The van der Waals surface area contributed by atoms with Crippen LogP contribution in [0, 0.1) is 12.7 Å². The highest BCUT2D eigenvalue weighted by molar-refractivity contribution is 9.10. The van der Waals surface area contributed by atoms with E-state index in [9.17, 15) is 4.39 Å². The van der Waals surface area contributed by atoms with Gasteiger partial charge in [0, 0.05) is 6.54 Å². The van der Waals surface area contributed by atoms with Crippen LogP contribution in [0.25, 0.3) is 0 Å². The third-order valence-electron chi connectivity index (χ3n) is 2.79. The van der Waals surface area contributed by atoms with Crippen LogP contribution in [-0.4, -0.2) is 6.54 Å². The van der Waals surface area contributed by atoms with Crippen LogP contribution in [-0.2, 0) is 0 Å². The molecule has 0 spiro atoms. The van der Waals surface area contributed by atoms with Gasteiger partial charge in [-0.25, -0.2) is 4.39 Å². The van der Waals surface area contributed by atoms with Crippen molar-refractivity contribution in [1.29, 1.82) is 0 Å². The zero-order valence-corrected chi connectivity index (χ0v) is 12.2. The molecule has 0 aromatic heterocycles. The molecule has 100 valence electrons. The molecular formula is C15H15BrFNO. The van der Waals surface area contributed by atoms with Crippen LogP contribution in [0.15, 0.2) is 46.9 Å². The van der Waals surface area contributed by atoms with Crippen molar-refractivity contribution in [3.63, 3.8) is 0 Å². The number of nitrogens with two attached hydrogens (primary N) is 1. The molecule has 2 aromatic rings. The van der Waals surface area contributed by atoms with E-state index in [-0.39, 0.29) is 11.9 Å². The SMILES string of the molecule is Cc1cccc(C(CN)Oc2ccc(F)cc2Br)c1. The lowest BCUT2D eigenvalue weighted by molar-refractivity contribution is 0.212. The summed E-state index contributed by atoms with van der Waals surface area (Å²) >= 11 is 3.29. The fraction of sp³-hybridized carbons (Fsp3) is 0.200. The minimum absolute atomic E-state index is 0.248. The summed E-state index contributed by atoms with van der Waals surface area (Å²) in [5.41, 5.74) is 7.93. The second-order valence-corrected chi connectivity index (χ2v) is 5.19. The number of halogens is 2. The van der Waals surface area contributed by atoms with Gasteiger partial charge in [-0.3, -0.25) is 0 Å². The summed E-state index contributed by atoms with van der Waals surface area (Å²) < 4.78 is 19.5. The van der Waals surface area contributed by atoms with Gasteiger partial charge in [0.05, 0.1) is 4.47 Å². The quantitative estimate of drug-likeness (QED) is 0.923. The minimum Gasteiger partial charge on any atom is -0.483 e. The van der Waals surface area contributed by atoms with Crippen LogP contribution in [0.3, 0.4) is 0 Å². The first kappa shape index (κ1) is 14.0. The van der Waals surface area contributed by atoms with E-state index in [1.807, 2.05) is 31.2 Å². The number of aryl methyl sites for hydroxylation is 1. The Bertz CT molecular complexity index is 574. The van der Waals surface area contributed by atoms with Crippen molar-refractivity contribution in [3.05, 3.63) is 63.9 Å². The first-order valence-electron chi connectivity index (χ1n) is 5.98. The molecular weight excluding hydrogens is 309 g/mol. The number of hydrogen-bond donors (Lipinski definition) is 1. The Morgan fingerprint density at radius 2 is 2.05 bits per heavy atom. The predicted octanol–water partition coefficient (Wildman–Crippen LogP) is 3.98. The lowest BCUT2D eigenvalue weighted by Crippen LogP contribution is -2.18. The molecule has 0 fully saturated rings. The Hall–Kier alpha value is -1.39. The first-order valence-corrected chi connectivity index (χ1v) is 6.78. The molecule has 1 atom stereocenters. The summed E-state index contributed by atoms with van der Waals surface area (Å²) in [5, 5.41) is 0. The fourth-order valence-corrected chi connectivity index (χ4v) is 2.29. The maximum absolute atomic E-state index is 13.0. The number of hydrogen-bond acceptors (Lipinski definition) is 2. The second-order valence-electron chi connectivity index (χ2n) is 4.33. The average molecular weight is 324 g/mol. The van der Waals surface area contributed by atoms with Crippen LogP contribution < -0.4 is 10.5 Å². The number of ether oxygens (including phenoxy) is 1. The molecule has 2 N–H and O–H groups in total. The number of rotatable bonds is 4. The largest absolute Gasteiger partial charge is 0.483 e. The van der Waals surface area contributed by atoms with Gasteiger partial charge in [0.1, 0.15) is 17.7 Å². The van der Waals surface area contributed by atoms with Gasteiger partial charge in [0.2, 0.25) is 0 Å². The Morgan fingerprint density at radius 1 is 1.26 bits per heavy atom. The van der Waals surface area contributed by atoms with E-state index in [0.717, 1.165) is 11.1 Å². The Balaban J connectivity index is 2.24. The predicted molar refractivity (Wildman–Crippen MR) is 77.7 cm³/mol. The van der Waals surface area contributed by atoms with E-state index in [2.05, 4.69) is 15.9 Å². The van der Waals surface area contributed by atoms with Crippen molar-refractivity contribution in [2.45, 2.75) is 13.0 Å². The molecule has 0 bridgehead atoms. The molecule has 19 heavy (non-hydrogen) atoms. The molecule has 0 aliphatic rings. The van der Waals surface area contributed by atoms with Crippen LogP contribution in [0.4, 0.5) is 4.39 Å². The van der Waals surface area contributed by atoms with Crippen molar-refractivity contribution < 1.29 is 9.13 Å². The summed E-state index contributed by atoms with van der Waals surface area (Å²) in [6, 6.07) is 12.3. The van der Waals surface area contributed by atoms with E-state index in [1.165, 1.54) is 12.1 Å². The maximum atomic E-state index is 13.0. The summed E-state index contributed by atoms with van der Waals surface area (Å²) in [4.78, 5) is 0. The van der Waals surface area contributed by atoms with E-state index in [0.29, 0.717) is 16.8 Å². The van der Waals surface area contributed by atoms with E-state index in [1.54, 1.807) is 6.07 Å². The highest BCUT2D eigenvalue weighted by atomic mass is 79.9. The molecule has 0 saturated carbocycles. The van der Waals surface area contributed by atoms with Crippen molar-refractivity contribution in [2.75, 3.05) is 6.54 Å². The van der Waals surface area contributed by atoms with Crippen molar-refractivity contribution in [2.24, 2.45) is 5.73 Å². The molecule has 2 nitrogen and oxygen atoms in total. The molecule has 0 aliphatic carbocycles. The molecule has 2 aromatic carbocycles. The molecule has 0 radical (unpaired) electrons. The van der Waals surface area contributed by atoms with Gasteiger partial charge in [0.15, 0.2) is 0 Å². The standard InChI is InChI=1S/C15H15BrFNO/c1-10-3-2-4-11(7-10)15(9-18)19-14-6-5-12(17)8-13(14)16/h2-8,15H,9,18H2,1H3. The first-order chi connectivity index (χ1) is 9.10.